The highest BCUT2D eigenvalue weighted by atomic mass is 35.5. The first-order valence-corrected chi connectivity index (χ1v) is 7.15. The second-order valence-electron chi connectivity index (χ2n) is 4.55. The number of allylic oxidation sites excluding steroid dienone is 3. The first-order valence-electron chi connectivity index (χ1n) is 7.15. The molecule has 0 aromatic heterocycles. The van der Waals surface area contributed by atoms with E-state index < -0.39 is 0 Å². The fourth-order valence-corrected chi connectivity index (χ4v) is 1.80. The van der Waals surface area contributed by atoms with Crippen LogP contribution in [-0.4, -0.2) is 6.21 Å². The predicted molar refractivity (Wildman–Crippen MR) is 99.4 cm³/mol. The number of para-hydroxylation sites is 2. The van der Waals surface area contributed by atoms with E-state index in [4.69, 9.17) is 0 Å². The number of aliphatic imine (C=N–C) groups is 1. The lowest BCUT2D eigenvalue weighted by molar-refractivity contribution is 1.15. The van der Waals surface area contributed by atoms with Crippen molar-refractivity contribution in [1.29, 1.82) is 0 Å². The van der Waals surface area contributed by atoms with Crippen LogP contribution in [0, 0.1) is 0 Å². The first kappa shape index (κ1) is 17.7. The van der Waals surface area contributed by atoms with Crippen molar-refractivity contribution >= 4 is 30.0 Å². The van der Waals surface area contributed by atoms with E-state index in [-0.39, 0.29) is 12.4 Å². The average Bonchev–Trinajstić information content (AvgIpc) is 2.55. The Kier molecular flexibility index (Phi) is 8.39. The van der Waals surface area contributed by atoms with E-state index in [1.54, 1.807) is 0 Å². The Bertz CT molecular complexity index is 616. The second-order valence-corrected chi connectivity index (χ2v) is 4.55. The Morgan fingerprint density at radius 2 is 1.64 bits per heavy atom. The highest BCUT2D eigenvalue weighted by molar-refractivity contribution is 5.85. The highest BCUT2D eigenvalue weighted by Gasteiger charge is 1.88. The third-order valence-corrected chi connectivity index (χ3v) is 3.00. The number of anilines is 1. The van der Waals surface area contributed by atoms with Crippen LogP contribution in [0.15, 0.2) is 89.6 Å². The van der Waals surface area contributed by atoms with Crippen molar-refractivity contribution in [2.75, 3.05) is 5.32 Å². The zero-order valence-electron chi connectivity index (χ0n) is 12.6. The van der Waals surface area contributed by atoms with Gasteiger partial charge < -0.3 is 5.32 Å². The monoisotopic (exact) mass is 312 g/mol. The lowest BCUT2D eigenvalue weighted by atomic mass is 10.2. The number of halogens is 1. The Morgan fingerprint density at radius 3 is 2.27 bits per heavy atom. The van der Waals surface area contributed by atoms with Crippen molar-refractivity contribution in [1.82, 2.24) is 0 Å². The molecule has 0 radical (unpaired) electrons. The summed E-state index contributed by atoms with van der Waals surface area (Å²) in [6.07, 6.45) is 8.88. The molecule has 0 aliphatic heterocycles. The third-order valence-electron chi connectivity index (χ3n) is 3.00. The van der Waals surface area contributed by atoms with E-state index in [1.807, 2.05) is 79.2 Å². The van der Waals surface area contributed by atoms with E-state index in [0.717, 1.165) is 17.8 Å². The molecule has 0 atom stereocenters. The summed E-state index contributed by atoms with van der Waals surface area (Å²) < 4.78 is 0. The maximum absolute atomic E-state index is 4.40. The summed E-state index contributed by atoms with van der Waals surface area (Å²) in [5, 5.41) is 3.25. The molecule has 0 heterocycles. The SMILES string of the molecule is CCC(/C=C/Nc1ccccc1)=C\C=Nc1ccccc1.Cl. The summed E-state index contributed by atoms with van der Waals surface area (Å²) in [5.74, 6) is 0. The number of benzene rings is 2. The Labute approximate surface area is 138 Å². The summed E-state index contributed by atoms with van der Waals surface area (Å²) in [7, 11) is 0. The minimum atomic E-state index is 0. The quantitative estimate of drug-likeness (QED) is 0.531. The predicted octanol–water partition coefficient (Wildman–Crippen LogP) is 5.77. The van der Waals surface area contributed by atoms with Gasteiger partial charge in [-0.05, 0) is 48.4 Å². The molecule has 0 aliphatic rings. The molecular weight excluding hydrogens is 292 g/mol. The van der Waals surface area contributed by atoms with Crippen molar-refractivity contribution in [3.8, 4) is 0 Å². The molecule has 2 aromatic rings. The van der Waals surface area contributed by atoms with Crippen molar-refractivity contribution in [3.05, 3.63) is 84.6 Å². The standard InChI is InChI=1S/C19H20N2.ClH/c1-2-17(13-15-20-18-9-5-3-6-10-18)14-16-21-19-11-7-4-8-12-19;/h3-16,20H,2H2,1H3;1H/b15-13+,17-14+,21-16?;. The van der Waals surface area contributed by atoms with E-state index in [2.05, 4.69) is 23.3 Å². The fraction of sp³-hybridized carbons (Fsp3) is 0.105. The molecule has 0 bridgehead atoms. The van der Waals surface area contributed by atoms with E-state index in [9.17, 15) is 0 Å². The van der Waals surface area contributed by atoms with Gasteiger partial charge >= 0.3 is 0 Å². The molecule has 0 aliphatic carbocycles. The van der Waals surface area contributed by atoms with Crippen molar-refractivity contribution in [3.63, 3.8) is 0 Å². The van der Waals surface area contributed by atoms with E-state index >= 15 is 0 Å². The number of rotatable bonds is 6. The Balaban J connectivity index is 0.00000242. The van der Waals surface area contributed by atoms with Gasteiger partial charge in [-0.2, -0.15) is 0 Å². The zero-order valence-corrected chi connectivity index (χ0v) is 13.5. The number of nitrogens with zero attached hydrogens (tertiary/aromatic N) is 1. The van der Waals surface area contributed by atoms with Gasteiger partial charge in [-0.15, -0.1) is 12.4 Å². The molecule has 0 unspecified atom stereocenters. The minimum absolute atomic E-state index is 0. The van der Waals surface area contributed by atoms with Gasteiger partial charge in [-0.3, -0.25) is 4.99 Å². The molecule has 0 saturated heterocycles. The smallest absolute Gasteiger partial charge is 0.0629 e. The molecule has 2 aromatic carbocycles. The molecule has 22 heavy (non-hydrogen) atoms. The summed E-state index contributed by atoms with van der Waals surface area (Å²) >= 11 is 0. The van der Waals surface area contributed by atoms with Crippen LogP contribution in [0.4, 0.5) is 11.4 Å². The number of hydrogen-bond acceptors (Lipinski definition) is 2. The lowest BCUT2D eigenvalue weighted by Gasteiger charge is -2.00. The van der Waals surface area contributed by atoms with E-state index in [1.165, 1.54) is 5.57 Å². The van der Waals surface area contributed by atoms with Gasteiger partial charge in [0.2, 0.25) is 0 Å². The van der Waals surface area contributed by atoms with Gasteiger partial charge in [0, 0.05) is 18.1 Å². The van der Waals surface area contributed by atoms with Gasteiger partial charge in [0.15, 0.2) is 0 Å². The second kappa shape index (κ2) is 10.4. The Morgan fingerprint density at radius 1 is 1.00 bits per heavy atom. The van der Waals surface area contributed by atoms with Crippen LogP contribution in [0.25, 0.3) is 0 Å². The molecule has 0 amide bonds. The van der Waals surface area contributed by atoms with Gasteiger partial charge in [0.25, 0.3) is 0 Å². The van der Waals surface area contributed by atoms with Gasteiger partial charge in [0.1, 0.15) is 0 Å². The topological polar surface area (TPSA) is 24.4 Å². The van der Waals surface area contributed by atoms with Crippen LogP contribution in [0.5, 0.6) is 0 Å². The molecule has 3 heteroatoms. The summed E-state index contributed by atoms with van der Waals surface area (Å²) in [4.78, 5) is 4.40. The first-order chi connectivity index (χ1) is 10.4. The van der Waals surface area contributed by atoms with Crippen LogP contribution < -0.4 is 5.32 Å². The molecule has 2 nitrogen and oxygen atoms in total. The van der Waals surface area contributed by atoms with Crippen molar-refractivity contribution in [2.24, 2.45) is 4.99 Å². The molecule has 0 saturated carbocycles. The highest BCUT2D eigenvalue weighted by Crippen LogP contribution is 2.10. The van der Waals surface area contributed by atoms with Gasteiger partial charge in [-0.1, -0.05) is 43.3 Å². The molecule has 1 N–H and O–H groups in total. The third kappa shape index (κ3) is 6.42. The largest absolute Gasteiger partial charge is 0.362 e. The van der Waals surface area contributed by atoms with Crippen LogP contribution >= 0.6 is 12.4 Å². The van der Waals surface area contributed by atoms with Crippen LogP contribution in [-0.2, 0) is 0 Å². The van der Waals surface area contributed by atoms with Crippen molar-refractivity contribution < 1.29 is 0 Å². The molecule has 0 spiro atoms. The van der Waals surface area contributed by atoms with Crippen molar-refractivity contribution in [2.45, 2.75) is 13.3 Å². The normalized spacial score (nSPS) is 11.6. The maximum Gasteiger partial charge on any atom is 0.0629 e. The molecule has 2 rings (SSSR count). The Hall–Kier alpha value is -2.32. The van der Waals surface area contributed by atoms with Crippen LogP contribution in [0.2, 0.25) is 0 Å². The minimum Gasteiger partial charge on any atom is -0.362 e. The summed E-state index contributed by atoms with van der Waals surface area (Å²) in [6, 6.07) is 20.1. The van der Waals surface area contributed by atoms with Crippen LogP contribution in [0.1, 0.15) is 13.3 Å². The zero-order chi connectivity index (χ0) is 14.8. The molecule has 0 fully saturated rings. The van der Waals surface area contributed by atoms with Gasteiger partial charge in [0.05, 0.1) is 5.69 Å². The average molecular weight is 313 g/mol. The fourth-order valence-electron chi connectivity index (χ4n) is 1.80. The number of hydrogen-bond donors (Lipinski definition) is 1. The van der Waals surface area contributed by atoms with Gasteiger partial charge in [-0.25, -0.2) is 0 Å². The summed E-state index contributed by atoms with van der Waals surface area (Å²) in [6.45, 7) is 2.13. The molecule has 114 valence electrons. The lowest BCUT2D eigenvalue weighted by Crippen LogP contribution is -1.87. The molecular formula is C19H21ClN2. The van der Waals surface area contributed by atoms with E-state index in [0.29, 0.717) is 0 Å². The summed E-state index contributed by atoms with van der Waals surface area (Å²) in [5.41, 5.74) is 3.27. The van der Waals surface area contributed by atoms with Crippen LogP contribution in [0.3, 0.4) is 0 Å². The maximum atomic E-state index is 4.40. The number of nitrogens with one attached hydrogen (secondary N) is 1.